The van der Waals surface area contributed by atoms with Gasteiger partial charge in [0.15, 0.2) is 0 Å². The molecule has 0 unspecified atom stereocenters. The highest BCUT2D eigenvalue weighted by atomic mass is 32.1. The van der Waals surface area contributed by atoms with Crippen molar-refractivity contribution in [2.75, 3.05) is 12.3 Å². The zero-order valence-electron chi connectivity index (χ0n) is 13.0. The summed E-state index contributed by atoms with van der Waals surface area (Å²) in [6.45, 7) is 3.19. The predicted molar refractivity (Wildman–Crippen MR) is 94.2 cm³/mol. The fourth-order valence-electron chi connectivity index (χ4n) is 2.37. The second-order valence-electron chi connectivity index (χ2n) is 5.30. The molecule has 1 aromatic carbocycles. The number of benzene rings is 1. The standard InChI is InChI=1S/C17H19N3O2S/c1-2-14-10-15-16(23-14)19-11-20(17(15)21)7-4-8-22-13-6-3-5-12(18)9-13/h3,5-6,9-11H,2,4,7-8,18H2,1H3. The van der Waals surface area contributed by atoms with Crippen molar-refractivity contribution in [3.63, 3.8) is 0 Å². The van der Waals surface area contributed by atoms with Crippen LogP contribution < -0.4 is 16.0 Å². The quantitative estimate of drug-likeness (QED) is 0.557. The van der Waals surface area contributed by atoms with Gasteiger partial charge in [0.2, 0.25) is 0 Å². The lowest BCUT2D eigenvalue weighted by molar-refractivity contribution is 0.301. The number of ether oxygens (including phenoxy) is 1. The van der Waals surface area contributed by atoms with Crippen molar-refractivity contribution in [1.82, 2.24) is 9.55 Å². The molecular weight excluding hydrogens is 310 g/mol. The number of thiophene rings is 1. The molecule has 3 aromatic rings. The largest absolute Gasteiger partial charge is 0.493 e. The molecule has 0 amide bonds. The molecule has 120 valence electrons. The van der Waals surface area contributed by atoms with Crippen molar-refractivity contribution in [2.24, 2.45) is 0 Å². The monoisotopic (exact) mass is 329 g/mol. The molecule has 0 aliphatic carbocycles. The van der Waals surface area contributed by atoms with Crippen molar-refractivity contribution in [2.45, 2.75) is 26.3 Å². The molecule has 2 N–H and O–H groups in total. The van der Waals surface area contributed by atoms with Crippen molar-refractivity contribution in [3.05, 3.63) is 51.9 Å². The number of hydrogen-bond donors (Lipinski definition) is 1. The lowest BCUT2D eigenvalue weighted by atomic mass is 10.3. The topological polar surface area (TPSA) is 70.1 Å². The van der Waals surface area contributed by atoms with Crippen LogP contribution in [0.5, 0.6) is 5.75 Å². The van der Waals surface area contributed by atoms with E-state index in [1.54, 1.807) is 28.3 Å². The minimum Gasteiger partial charge on any atom is -0.493 e. The summed E-state index contributed by atoms with van der Waals surface area (Å²) in [6, 6.07) is 9.29. The number of nitrogens with two attached hydrogens (primary N) is 1. The first kappa shape index (κ1) is 15.6. The third-order valence-corrected chi connectivity index (χ3v) is 4.78. The number of rotatable bonds is 6. The molecule has 0 saturated carbocycles. The van der Waals surface area contributed by atoms with E-state index in [9.17, 15) is 4.79 Å². The summed E-state index contributed by atoms with van der Waals surface area (Å²) < 4.78 is 7.29. The molecule has 0 bridgehead atoms. The number of nitrogen functional groups attached to an aromatic ring is 1. The molecule has 0 spiro atoms. The van der Waals surface area contributed by atoms with Gasteiger partial charge in [0.1, 0.15) is 10.6 Å². The van der Waals surface area contributed by atoms with Crippen LogP contribution in [0, 0.1) is 0 Å². The fraction of sp³-hybridized carbons (Fsp3) is 0.294. The maximum absolute atomic E-state index is 12.4. The van der Waals surface area contributed by atoms with E-state index in [4.69, 9.17) is 10.5 Å². The van der Waals surface area contributed by atoms with Crippen molar-refractivity contribution < 1.29 is 4.74 Å². The Morgan fingerprint density at radius 3 is 3.00 bits per heavy atom. The summed E-state index contributed by atoms with van der Waals surface area (Å²) >= 11 is 1.59. The lowest BCUT2D eigenvalue weighted by Crippen LogP contribution is -2.21. The smallest absolute Gasteiger partial charge is 0.262 e. The zero-order valence-corrected chi connectivity index (χ0v) is 13.8. The van der Waals surface area contributed by atoms with Gasteiger partial charge in [0.05, 0.1) is 18.3 Å². The summed E-state index contributed by atoms with van der Waals surface area (Å²) in [6.07, 6.45) is 3.28. The van der Waals surface area contributed by atoms with Gasteiger partial charge >= 0.3 is 0 Å². The van der Waals surface area contributed by atoms with E-state index in [-0.39, 0.29) is 5.56 Å². The minimum absolute atomic E-state index is 0.0231. The molecule has 5 nitrogen and oxygen atoms in total. The van der Waals surface area contributed by atoms with Crippen LogP contribution in [0.2, 0.25) is 0 Å². The molecule has 0 atom stereocenters. The Balaban J connectivity index is 1.63. The van der Waals surface area contributed by atoms with Gasteiger partial charge in [-0.3, -0.25) is 9.36 Å². The van der Waals surface area contributed by atoms with E-state index in [2.05, 4.69) is 11.9 Å². The van der Waals surface area contributed by atoms with Crippen molar-refractivity contribution in [1.29, 1.82) is 0 Å². The van der Waals surface area contributed by atoms with E-state index in [0.717, 1.165) is 23.4 Å². The molecule has 0 fully saturated rings. The molecule has 6 heteroatoms. The number of nitrogens with zero attached hydrogens (tertiary/aromatic N) is 2. The first-order chi connectivity index (χ1) is 11.2. The average Bonchev–Trinajstić information content (AvgIpc) is 2.98. The molecule has 0 aliphatic heterocycles. The fourth-order valence-corrected chi connectivity index (χ4v) is 3.30. The predicted octanol–water partition coefficient (Wildman–Crippen LogP) is 3.07. The highest BCUT2D eigenvalue weighted by Crippen LogP contribution is 2.21. The zero-order chi connectivity index (χ0) is 16.2. The Bertz CT molecular complexity index is 870. The Morgan fingerprint density at radius 1 is 1.35 bits per heavy atom. The number of hydrogen-bond acceptors (Lipinski definition) is 5. The van der Waals surface area contributed by atoms with Crippen LogP contribution in [-0.2, 0) is 13.0 Å². The SMILES string of the molecule is CCc1cc2c(=O)n(CCCOc3cccc(N)c3)cnc2s1. The van der Waals surface area contributed by atoms with E-state index < -0.39 is 0 Å². The Labute approximate surface area is 138 Å². The van der Waals surface area contributed by atoms with Crippen LogP contribution >= 0.6 is 11.3 Å². The van der Waals surface area contributed by atoms with Crippen LogP contribution in [0.4, 0.5) is 5.69 Å². The average molecular weight is 329 g/mol. The third-order valence-electron chi connectivity index (χ3n) is 3.59. The molecule has 0 aliphatic rings. The van der Waals surface area contributed by atoms with Crippen LogP contribution in [0.15, 0.2) is 41.5 Å². The Kier molecular flexibility index (Phi) is 4.62. The molecule has 0 radical (unpaired) electrons. The Morgan fingerprint density at radius 2 is 2.22 bits per heavy atom. The Hall–Kier alpha value is -2.34. The van der Waals surface area contributed by atoms with Crippen LogP contribution in [0.1, 0.15) is 18.2 Å². The molecule has 2 heterocycles. The van der Waals surface area contributed by atoms with Crippen LogP contribution in [0.25, 0.3) is 10.2 Å². The van der Waals surface area contributed by atoms with Gasteiger partial charge in [-0.1, -0.05) is 13.0 Å². The molecule has 23 heavy (non-hydrogen) atoms. The van der Waals surface area contributed by atoms with E-state index in [1.807, 2.05) is 24.3 Å². The summed E-state index contributed by atoms with van der Waals surface area (Å²) in [5.41, 5.74) is 6.41. The van der Waals surface area contributed by atoms with Gasteiger partial charge in [0, 0.05) is 23.2 Å². The van der Waals surface area contributed by atoms with E-state index in [0.29, 0.717) is 24.2 Å². The number of fused-ring (bicyclic) bond motifs is 1. The minimum atomic E-state index is 0.0231. The molecule has 0 saturated heterocycles. The maximum Gasteiger partial charge on any atom is 0.262 e. The van der Waals surface area contributed by atoms with E-state index >= 15 is 0 Å². The maximum atomic E-state index is 12.4. The summed E-state index contributed by atoms with van der Waals surface area (Å²) in [5, 5.41) is 0.714. The van der Waals surface area contributed by atoms with Crippen molar-refractivity contribution >= 4 is 27.2 Å². The second-order valence-corrected chi connectivity index (χ2v) is 6.42. The lowest BCUT2D eigenvalue weighted by Gasteiger charge is -2.08. The first-order valence-corrected chi connectivity index (χ1v) is 8.45. The van der Waals surface area contributed by atoms with Gasteiger partial charge < -0.3 is 10.5 Å². The van der Waals surface area contributed by atoms with Crippen molar-refractivity contribution in [3.8, 4) is 5.75 Å². The van der Waals surface area contributed by atoms with Gasteiger partial charge in [-0.15, -0.1) is 11.3 Å². The molecule has 2 aromatic heterocycles. The summed E-state index contributed by atoms with van der Waals surface area (Å²) in [5.74, 6) is 0.747. The van der Waals surface area contributed by atoms with Gasteiger partial charge in [-0.2, -0.15) is 0 Å². The van der Waals surface area contributed by atoms with E-state index in [1.165, 1.54) is 4.88 Å². The number of anilines is 1. The van der Waals surface area contributed by atoms with Gasteiger partial charge in [-0.25, -0.2) is 4.98 Å². The van der Waals surface area contributed by atoms with Crippen LogP contribution in [-0.4, -0.2) is 16.2 Å². The number of aromatic nitrogens is 2. The normalized spacial score (nSPS) is 11.0. The second kappa shape index (κ2) is 6.83. The highest BCUT2D eigenvalue weighted by Gasteiger charge is 2.08. The summed E-state index contributed by atoms with van der Waals surface area (Å²) in [7, 11) is 0. The van der Waals surface area contributed by atoms with Gasteiger partial charge in [-0.05, 0) is 31.0 Å². The van der Waals surface area contributed by atoms with Crippen LogP contribution in [0.3, 0.4) is 0 Å². The number of aryl methyl sites for hydroxylation is 2. The highest BCUT2D eigenvalue weighted by molar-refractivity contribution is 7.18. The molecular formula is C17H19N3O2S. The summed E-state index contributed by atoms with van der Waals surface area (Å²) in [4.78, 5) is 18.8. The van der Waals surface area contributed by atoms with Gasteiger partial charge in [0.25, 0.3) is 5.56 Å². The first-order valence-electron chi connectivity index (χ1n) is 7.63. The molecule has 3 rings (SSSR count). The third kappa shape index (κ3) is 3.53.